The van der Waals surface area contributed by atoms with Gasteiger partial charge in [-0.05, 0) is 34.7 Å². The van der Waals surface area contributed by atoms with E-state index in [0.29, 0.717) is 12.1 Å². The molecule has 56 valence electrons. The summed E-state index contributed by atoms with van der Waals surface area (Å²) in [5, 5.41) is 0. The average Bonchev–Trinajstić information content (AvgIpc) is 1.64. The second-order valence-corrected chi connectivity index (χ2v) is 2.85. The molecule has 0 atom stereocenters. The van der Waals surface area contributed by atoms with E-state index >= 15 is 0 Å². The third-order valence-corrected chi connectivity index (χ3v) is 1.63. The first-order valence-corrected chi connectivity index (χ1v) is 3.27. The average molecular weight is 216 g/mol. The van der Waals surface area contributed by atoms with Gasteiger partial charge in [0.15, 0.2) is 0 Å². The van der Waals surface area contributed by atoms with Crippen LogP contribution < -0.4 is 0 Å². The number of rotatable bonds is 2. The van der Waals surface area contributed by atoms with E-state index in [0.717, 1.165) is 0 Å². The molecule has 0 saturated heterocycles. The van der Waals surface area contributed by atoms with Crippen LogP contribution in [0.2, 0.25) is 0 Å². The molecule has 0 fully saturated rings. The molecule has 0 N–H and O–H groups in total. The summed E-state index contributed by atoms with van der Waals surface area (Å²) in [5.74, 6) is 0. The molecule has 0 aromatic heterocycles. The van der Waals surface area contributed by atoms with Crippen molar-refractivity contribution in [1.29, 1.82) is 0 Å². The van der Waals surface area contributed by atoms with Gasteiger partial charge in [-0.15, -0.1) is 0 Å². The van der Waals surface area contributed by atoms with Crippen LogP contribution in [0.1, 0.15) is 27.7 Å². The van der Waals surface area contributed by atoms with Crippen LogP contribution >= 0.6 is 0 Å². The molecule has 0 radical (unpaired) electrons. The van der Waals surface area contributed by atoms with Gasteiger partial charge in [0.25, 0.3) is 0 Å². The number of hydrogen-bond donors (Lipinski definition) is 0. The van der Waals surface area contributed by atoms with Gasteiger partial charge in [-0.2, -0.15) is 0 Å². The molecule has 0 saturated carbocycles. The summed E-state index contributed by atoms with van der Waals surface area (Å²) in [6, 6.07) is 1.35. The van der Waals surface area contributed by atoms with Crippen LogP contribution in [0.3, 0.4) is 0 Å². The Balaban J connectivity index is 0. The fourth-order valence-corrected chi connectivity index (χ4v) is 0.596. The molecule has 0 aliphatic heterocycles. The van der Waals surface area contributed by atoms with Crippen molar-refractivity contribution >= 4 is 0 Å². The predicted molar refractivity (Wildman–Crippen MR) is 38.0 cm³/mol. The van der Waals surface area contributed by atoms with E-state index in [9.17, 15) is 0 Å². The molecule has 0 aromatic carbocycles. The standard InChI is InChI=1S/C7H17N.Ru/c1-6(2)8(5)7(3)4;/h6-7H,1-5H3;/q;+2. The Bertz CT molecular complexity index is 53.9. The van der Waals surface area contributed by atoms with Crippen molar-refractivity contribution in [2.24, 2.45) is 0 Å². The van der Waals surface area contributed by atoms with E-state index in [1.807, 2.05) is 0 Å². The van der Waals surface area contributed by atoms with Gasteiger partial charge < -0.3 is 4.90 Å². The van der Waals surface area contributed by atoms with Crippen molar-refractivity contribution in [2.45, 2.75) is 39.8 Å². The minimum atomic E-state index is 0. The monoisotopic (exact) mass is 217 g/mol. The molecule has 0 rings (SSSR count). The van der Waals surface area contributed by atoms with Crippen molar-refractivity contribution in [3.63, 3.8) is 0 Å². The normalized spacial score (nSPS) is 10.7. The van der Waals surface area contributed by atoms with Gasteiger partial charge in [-0.3, -0.25) is 0 Å². The van der Waals surface area contributed by atoms with Crippen LogP contribution in [0.4, 0.5) is 0 Å². The minimum absolute atomic E-state index is 0. The molecule has 0 spiro atoms. The SMILES string of the molecule is CC(C)N(C)C(C)C.[Ru+2]. The molecule has 0 aliphatic carbocycles. The summed E-state index contributed by atoms with van der Waals surface area (Å²) in [7, 11) is 2.15. The second kappa shape index (κ2) is 5.37. The fourth-order valence-electron chi connectivity index (χ4n) is 0.596. The first-order valence-electron chi connectivity index (χ1n) is 3.27. The summed E-state index contributed by atoms with van der Waals surface area (Å²) in [5.41, 5.74) is 0. The van der Waals surface area contributed by atoms with Crippen LogP contribution in [0.5, 0.6) is 0 Å². The summed E-state index contributed by atoms with van der Waals surface area (Å²) in [6.07, 6.45) is 0. The smallest absolute Gasteiger partial charge is 0.302 e. The first kappa shape index (κ1) is 12.3. The Kier molecular flexibility index (Phi) is 7.33. The fraction of sp³-hybridized carbons (Fsp3) is 1.00. The quantitative estimate of drug-likeness (QED) is 0.635. The van der Waals surface area contributed by atoms with Crippen molar-refractivity contribution in [3.8, 4) is 0 Å². The zero-order valence-electron chi connectivity index (χ0n) is 6.96. The Hall–Kier alpha value is 0.583. The minimum Gasteiger partial charge on any atom is -0.302 e. The second-order valence-electron chi connectivity index (χ2n) is 2.85. The third-order valence-electron chi connectivity index (χ3n) is 1.63. The van der Waals surface area contributed by atoms with E-state index in [1.54, 1.807) is 0 Å². The van der Waals surface area contributed by atoms with E-state index in [4.69, 9.17) is 0 Å². The summed E-state index contributed by atoms with van der Waals surface area (Å²) < 4.78 is 0. The van der Waals surface area contributed by atoms with Crippen LogP contribution in [0, 0.1) is 0 Å². The molecule has 9 heavy (non-hydrogen) atoms. The molecule has 0 heterocycles. The van der Waals surface area contributed by atoms with Crippen LogP contribution in [0.15, 0.2) is 0 Å². The maximum absolute atomic E-state index is 2.33. The summed E-state index contributed by atoms with van der Waals surface area (Å²) in [6.45, 7) is 8.83. The third kappa shape index (κ3) is 5.05. The van der Waals surface area contributed by atoms with Gasteiger partial charge in [0.2, 0.25) is 0 Å². The molecule has 0 amide bonds. The number of hydrogen-bond acceptors (Lipinski definition) is 1. The zero-order valence-corrected chi connectivity index (χ0v) is 8.69. The zero-order chi connectivity index (χ0) is 6.73. The Labute approximate surface area is 71.6 Å². The molecule has 0 bridgehead atoms. The van der Waals surface area contributed by atoms with Crippen molar-refractivity contribution in [3.05, 3.63) is 0 Å². The molecule has 2 heteroatoms. The van der Waals surface area contributed by atoms with Gasteiger partial charge in [0, 0.05) is 12.1 Å². The molecule has 0 aromatic rings. The molecular formula is C7H17NRu+2. The Morgan fingerprint density at radius 2 is 1.11 bits per heavy atom. The Morgan fingerprint density at radius 3 is 1.11 bits per heavy atom. The first-order chi connectivity index (χ1) is 3.55. The van der Waals surface area contributed by atoms with Crippen molar-refractivity contribution < 1.29 is 19.5 Å². The van der Waals surface area contributed by atoms with Gasteiger partial charge in [-0.1, -0.05) is 0 Å². The largest absolute Gasteiger partial charge is 2.00 e. The van der Waals surface area contributed by atoms with Gasteiger partial charge in [0.1, 0.15) is 0 Å². The molecular weight excluding hydrogens is 199 g/mol. The van der Waals surface area contributed by atoms with Crippen molar-refractivity contribution in [1.82, 2.24) is 4.90 Å². The van der Waals surface area contributed by atoms with E-state index < -0.39 is 0 Å². The molecule has 0 unspecified atom stereocenters. The van der Waals surface area contributed by atoms with E-state index in [-0.39, 0.29) is 19.5 Å². The van der Waals surface area contributed by atoms with Crippen LogP contribution in [-0.2, 0) is 19.5 Å². The maximum Gasteiger partial charge on any atom is 2.00 e. The summed E-state index contributed by atoms with van der Waals surface area (Å²) >= 11 is 0. The summed E-state index contributed by atoms with van der Waals surface area (Å²) in [4.78, 5) is 2.33. The van der Waals surface area contributed by atoms with E-state index in [2.05, 4.69) is 39.6 Å². The van der Waals surface area contributed by atoms with Crippen molar-refractivity contribution in [2.75, 3.05) is 7.05 Å². The van der Waals surface area contributed by atoms with Gasteiger partial charge in [0.05, 0.1) is 0 Å². The van der Waals surface area contributed by atoms with Gasteiger partial charge in [-0.25, -0.2) is 0 Å². The molecule has 0 aliphatic rings. The number of nitrogens with zero attached hydrogens (tertiary/aromatic N) is 1. The topological polar surface area (TPSA) is 3.24 Å². The maximum atomic E-state index is 2.33. The molecule has 1 nitrogen and oxygen atoms in total. The predicted octanol–water partition coefficient (Wildman–Crippen LogP) is 1.73. The van der Waals surface area contributed by atoms with E-state index in [1.165, 1.54) is 0 Å². The van der Waals surface area contributed by atoms with Crippen LogP contribution in [0.25, 0.3) is 0 Å². The Morgan fingerprint density at radius 1 is 0.889 bits per heavy atom. The van der Waals surface area contributed by atoms with Crippen LogP contribution in [-0.4, -0.2) is 24.0 Å². The van der Waals surface area contributed by atoms with Gasteiger partial charge >= 0.3 is 19.5 Å².